The second-order valence-electron chi connectivity index (χ2n) is 5.24. The molecule has 2 aliphatic heterocycles. The normalized spacial score (nSPS) is 25.8. The van der Waals surface area contributed by atoms with Crippen molar-refractivity contribution >= 4 is 15.7 Å². The number of benzene rings is 1. The highest BCUT2D eigenvalue weighted by atomic mass is 32.2. The van der Waals surface area contributed by atoms with Crippen molar-refractivity contribution in [3.05, 3.63) is 18.2 Å². The lowest BCUT2D eigenvalue weighted by molar-refractivity contribution is 0.0305. The van der Waals surface area contributed by atoms with Crippen molar-refractivity contribution in [1.29, 1.82) is 0 Å². The summed E-state index contributed by atoms with van der Waals surface area (Å²) in [5.41, 5.74) is 0.843. The Morgan fingerprint density at radius 2 is 1.95 bits per heavy atom. The number of anilines is 1. The van der Waals surface area contributed by atoms with E-state index < -0.39 is 10.0 Å². The zero-order valence-corrected chi connectivity index (χ0v) is 12.1. The third-order valence-electron chi connectivity index (χ3n) is 3.86. The Balaban J connectivity index is 1.95. The number of rotatable bonds is 3. The van der Waals surface area contributed by atoms with Crippen LogP contribution in [0.1, 0.15) is 12.8 Å². The fourth-order valence-corrected chi connectivity index (χ4v) is 3.63. The minimum absolute atomic E-state index is 0.0244. The summed E-state index contributed by atoms with van der Waals surface area (Å²) in [4.78, 5) is 2.18. The Morgan fingerprint density at radius 3 is 2.50 bits per heavy atom. The van der Waals surface area contributed by atoms with Crippen LogP contribution >= 0.6 is 0 Å². The van der Waals surface area contributed by atoms with Crippen LogP contribution in [0.5, 0.6) is 5.75 Å². The van der Waals surface area contributed by atoms with Crippen molar-refractivity contribution in [3.8, 4) is 5.75 Å². The molecule has 3 rings (SSSR count). The van der Waals surface area contributed by atoms with Crippen molar-refractivity contribution < 1.29 is 17.9 Å². The highest BCUT2D eigenvalue weighted by Gasteiger charge is 2.34. The first kappa shape index (κ1) is 13.7. The summed E-state index contributed by atoms with van der Waals surface area (Å²) < 4.78 is 34.1. The Bertz CT molecular complexity index is 605. The Hall–Kier alpha value is -1.31. The molecule has 2 heterocycles. The van der Waals surface area contributed by atoms with E-state index in [0.29, 0.717) is 0 Å². The molecular weight excluding hydrogens is 280 g/mol. The third-order valence-corrected chi connectivity index (χ3v) is 4.79. The van der Waals surface area contributed by atoms with E-state index in [2.05, 4.69) is 4.90 Å². The van der Waals surface area contributed by atoms with Crippen molar-refractivity contribution in [2.24, 2.45) is 5.14 Å². The Labute approximate surface area is 118 Å². The minimum Gasteiger partial charge on any atom is -0.495 e. The van der Waals surface area contributed by atoms with Gasteiger partial charge in [0.2, 0.25) is 10.0 Å². The minimum atomic E-state index is -3.80. The molecule has 110 valence electrons. The topological polar surface area (TPSA) is 81.9 Å². The molecule has 20 heavy (non-hydrogen) atoms. The molecule has 2 atom stereocenters. The van der Waals surface area contributed by atoms with E-state index >= 15 is 0 Å². The number of primary sulfonamides is 1. The standard InChI is InChI=1S/C13H18N2O4S/c1-18-12-5-2-9(6-13(12)20(14,16)17)15-7-10-3-4-11(8-15)19-10/h2,5-6,10-11H,3-4,7-8H2,1H3,(H2,14,16,17). The smallest absolute Gasteiger partial charge is 0.241 e. The van der Waals surface area contributed by atoms with Crippen LogP contribution in [0.25, 0.3) is 0 Å². The van der Waals surface area contributed by atoms with Crippen LogP contribution in [0.4, 0.5) is 5.69 Å². The van der Waals surface area contributed by atoms with E-state index in [-0.39, 0.29) is 22.9 Å². The van der Waals surface area contributed by atoms with Gasteiger partial charge in [-0.25, -0.2) is 13.6 Å². The van der Waals surface area contributed by atoms with Gasteiger partial charge in [-0.05, 0) is 31.0 Å². The van der Waals surface area contributed by atoms with Gasteiger partial charge < -0.3 is 14.4 Å². The van der Waals surface area contributed by atoms with Gasteiger partial charge in [0.15, 0.2) is 0 Å². The van der Waals surface area contributed by atoms with Crippen LogP contribution in [0.3, 0.4) is 0 Å². The van der Waals surface area contributed by atoms with Crippen LogP contribution in [-0.4, -0.2) is 40.8 Å². The number of ether oxygens (including phenoxy) is 2. The van der Waals surface area contributed by atoms with E-state index in [1.54, 1.807) is 12.1 Å². The van der Waals surface area contributed by atoms with Crippen molar-refractivity contribution in [2.75, 3.05) is 25.1 Å². The lowest BCUT2D eigenvalue weighted by Gasteiger charge is -2.34. The zero-order valence-electron chi connectivity index (χ0n) is 11.3. The van der Waals surface area contributed by atoms with Crippen molar-refractivity contribution in [3.63, 3.8) is 0 Å². The summed E-state index contributed by atoms with van der Waals surface area (Å²) in [6.45, 7) is 1.57. The van der Waals surface area contributed by atoms with E-state index in [4.69, 9.17) is 14.6 Å². The second kappa shape index (κ2) is 4.91. The zero-order chi connectivity index (χ0) is 14.3. The van der Waals surface area contributed by atoms with Gasteiger partial charge in [0.1, 0.15) is 10.6 Å². The third kappa shape index (κ3) is 2.48. The largest absolute Gasteiger partial charge is 0.495 e. The average molecular weight is 298 g/mol. The van der Waals surface area contributed by atoms with Gasteiger partial charge in [-0.1, -0.05) is 0 Å². The molecule has 0 saturated carbocycles. The number of sulfonamides is 1. The van der Waals surface area contributed by atoms with E-state index in [9.17, 15) is 8.42 Å². The number of hydrogen-bond donors (Lipinski definition) is 1. The molecule has 6 nitrogen and oxygen atoms in total. The molecule has 0 aromatic heterocycles. The molecule has 2 bridgehead atoms. The first-order valence-electron chi connectivity index (χ1n) is 6.58. The molecule has 0 radical (unpaired) electrons. The monoisotopic (exact) mass is 298 g/mol. The van der Waals surface area contributed by atoms with Crippen LogP contribution in [-0.2, 0) is 14.8 Å². The molecule has 0 aliphatic carbocycles. The van der Waals surface area contributed by atoms with E-state index in [1.807, 2.05) is 6.07 Å². The molecule has 1 aromatic rings. The lowest BCUT2D eigenvalue weighted by atomic mass is 10.2. The number of nitrogens with two attached hydrogens (primary N) is 1. The Morgan fingerprint density at radius 1 is 1.30 bits per heavy atom. The molecule has 1 aromatic carbocycles. The molecule has 0 spiro atoms. The number of nitrogens with zero attached hydrogens (tertiary/aromatic N) is 1. The molecule has 2 unspecified atom stereocenters. The summed E-state index contributed by atoms with van der Waals surface area (Å²) in [5.74, 6) is 0.271. The highest BCUT2D eigenvalue weighted by molar-refractivity contribution is 7.89. The second-order valence-corrected chi connectivity index (χ2v) is 6.77. The molecule has 2 fully saturated rings. The number of methoxy groups -OCH3 is 1. The summed E-state index contributed by atoms with van der Waals surface area (Å²) in [7, 11) is -2.37. The van der Waals surface area contributed by atoms with Crippen LogP contribution < -0.4 is 14.8 Å². The van der Waals surface area contributed by atoms with Gasteiger partial charge in [-0.3, -0.25) is 0 Å². The van der Waals surface area contributed by atoms with Gasteiger partial charge >= 0.3 is 0 Å². The summed E-state index contributed by atoms with van der Waals surface area (Å²) in [6, 6.07) is 5.09. The predicted molar refractivity (Wildman–Crippen MR) is 74.5 cm³/mol. The predicted octanol–water partition coefficient (Wildman–Crippen LogP) is 0.710. The molecular formula is C13H18N2O4S. The van der Waals surface area contributed by atoms with E-state index in [1.165, 1.54) is 7.11 Å². The van der Waals surface area contributed by atoms with Gasteiger partial charge in [0.25, 0.3) is 0 Å². The van der Waals surface area contributed by atoms with Gasteiger partial charge in [-0.2, -0.15) is 0 Å². The number of hydrogen-bond acceptors (Lipinski definition) is 5. The van der Waals surface area contributed by atoms with Crippen LogP contribution in [0, 0.1) is 0 Å². The van der Waals surface area contributed by atoms with Gasteiger partial charge in [-0.15, -0.1) is 0 Å². The Kier molecular flexibility index (Phi) is 3.35. The summed E-state index contributed by atoms with van der Waals surface area (Å²) in [6.07, 6.45) is 2.63. The molecule has 2 N–H and O–H groups in total. The van der Waals surface area contributed by atoms with Crippen LogP contribution in [0.15, 0.2) is 23.1 Å². The van der Waals surface area contributed by atoms with Gasteiger partial charge in [0, 0.05) is 18.8 Å². The first-order chi connectivity index (χ1) is 9.47. The average Bonchev–Trinajstić information content (AvgIpc) is 2.75. The fraction of sp³-hybridized carbons (Fsp3) is 0.538. The van der Waals surface area contributed by atoms with Crippen molar-refractivity contribution in [1.82, 2.24) is 0 Å². The fourth-order valence-electron chi connectivity index (χ4n) is 2.91. The summed E-state index contributed by atoms with van der Waals surface area (Å²) in [5, 5.41) is 5.25. The summed E-state index contributed by atoms with van der Waals surface area (Å²) >= 11 is 0. The highest BCUT2D eigenvalue weighted by Crippen LogP contribution is 2.33. The van der Waals surface area contributed by atoms with Crippen LogP contribution in [0.2, 0.25) is 0 Å². The number of fused-ring (bicyclic) bond motifs is 2. The molecule has 0 amide bonds. The van der Waals surface area contributed by atoms with Gasteiger partial charge in [0.05, 0.1) is 19.3 Å². The molecule has 2 saturated heterocycles. The molecule has 2 aliphatic rings. The maximum atomic E-state index is 11.6. The maximum absolute atomic E-state index is 11.6. The van der Waals surface area contributed by atoms with Crippen molar-refractivity contribution in [2.45, 2.75) is 29.9 Å². The SMILES string of the molecule is COc1ccc(N2CC3CCC(C2)O3)cc1S(N)(=O)=O. The quantitative estimate of drug-likeness (QED) is 0.888. The lowest BCUT2D eigenvalue weighted by Crippen LogP contribution is -2.42. The first-order valence-corrected chi connectivity index (χ1v) is 8.13. The van der Waals surface area contributed by atoms with E-state index in [0.717, 1.165) is 31.6 Å². The maximum Gasteiger partial charge on any atom is 0.241 e. The number of morpholine rings is 1. The molecule has 7 heteroatoms.